The van der Waals surface area contributed by atoms with Crippen molar-refractivity contribution in [2.24, 2.45) is 0 Å². The Labute approximate surface area is 59.4 Å². The second kappa shape index (κ2) is 2.84. The molecule has 60 valence electrons. The molecule has 0 amide bonds. The molecule has 4 nitrogen and oxygen atoms in total. The number of ether oxygens (including phenoxy) is 2. The van der Waals surface area contributed by atoms with Crippen LogP contribution in [0.15, 0.2) is 0 Å². The zero-order valence-electron chi connectivity index (χ0n) is 6.02. The highest BCUT2D eigenvalue weighted by atomic mass is 16.7. The molecule has 0 aromatic rings. The summed E-state index contributed by atoms with van der Waals surface area (Å²) in [6.45, 7) is 1.74. The molecular weight excluding hydrogens is 136 g/mol. The first kappa shape index (κ1) is 7.94. The van der Waals surface area contributed by atoms with Crippen LogP contribution in [0.25, 0.3) is 0 Å². The number of aliphatic hydroxyl groups is 2. The summed E-state index contributed by atoms with van der Waals surface area (Å²) >= 11 is 0. The molecule has 10 heavy (non-hydrogen) atoms. The molecule has 0 saturated carbocycles. The van der Waals surface area contributed by atoms with Gasteiger partial charge in [0.05, 0.1) is 6.10 Å². The fourth-order valence-electron chi connectivity index (χ4n) is 1.15. The lowest BCUT2D eigenvalue weighted by atomic mass is 10.1. The molecule has 1 aliphatic rings. The molecule has 1 aliphatic heterocycles. The number of aliphatic hydroxyl groups excluding tert-OH is 2. The Morgan fingerprint density at radius 2 is 2.00 bits per heavy atom. The van der Waals surface area contributed by atoms with Crippen molar-refractivity contribution in [3.8, 4) is 0 Å². The van der Waals surface area contributed by atoms with Crippen molar-refractivity contribution in [1.82, 2.24) is 0 Å². The van der Waals surface area contributed by atoms with Crippen LogP contribution in [0.5, 0.6) is 0 Å². The highest BCUT2D eigenvalue weighted by molar-refractivity contribution is 4.83. The van der Waals surface area contributed by atoms with Crippen molar-refractivity contribution in [3.05, 3.63) is 0 Å². The van der Waals surface area contributed by atoms with E-state index in [1.54, 1.807) is 6.92 Å². The third-order valence-electron chi connectivity index (χ3n) is 1.72. The summed E-state index contributed by atoms with van der Waals surface area (Å²) in [7, 11) is 1.48. The molecular formula is C6H12O4. The van der Waals surface area contributed by atoms with Gasteiger partial charge in [-0.25, -0.2) is 0 Å². The molecule has 0 radical (unpaired) electrons. The first-order chi connectivity index (χ1) is 4.66. The van der Waals surface area contributed by atoms with Gasteiger partial charge in [-0.2, -0.15) is 0 Å². The van der Waals surface area contributed by atoms with E-state index < -0.39 is 18.5 Å². The van der Waals surface area contributed by atoms with Crippen molar-refractivity contribution in [2.45, 2.75) is 31.5 Å². The van der Waals surface area contributed by atoms with E-state index in [-0.39, 0.29) is 6.10 Å². The lowest BCUT2D eigenvalue weighted by molar-refractivity contribution is -0.124. The molecule has 0 unspecified atom stereocenters. The summed E-state index contributed by atoms with van der Waals surface area (Å²) in [6.07, 6.45) is -2.66. The Hall–Kier alpha value is -0.160. The largest absolute Gasteiger partial charge is 0.385 e. The number of rotatable bonds is 1. The lowest BCUT2D eigenvalue weighted by Gasteiger charge is -2.13. The van der Waals surface area contributed by atoms with E-state index in [9.17, 15) is 0 Å². The van der Waals surface area contributed by atoms with Crippen LogP contribution in [0.4, 0.5) is 0 Å². The summed E-state index contributed by atoms with van der Waals surface area (Å²) in [5.74, 6) is 0. The second-order valence-electron chi connectivity index (χ2n) is 2.42. The Kier molecular flexibility index (Phi) is 2.25. The predicted octanol–water partition coefficient (Wildman–Crippen LogP) is -0.901. The third kappa shape index (κ3) is 1.15. The van der Waals surface area contributed by atoms with Crippen LogP contribution in [-0.4, -0.2) is 41.9 Å². The lowest BCUT2D eigenvalue weighted by Crippen LogP contribution is -2.33. The van der Waals surface area contributed by atoms with Crippen molar-refractivity contribution in [3.63, 3.8) is 0 Å². The van der Waals surface area contributed by atoms with Crippen LogP contribution in [-0.2, 0) is 9.47 Å². The highest BCUT2D eigenvalue weighted by Crippen LogP contribution is 2.20. The van der Waals surface area contributed by atoms with Crippen LogP contribution >= 0.6 is 0 Å². The molecule has 0 spiro atoms. The van der Waals surface area contributed by atoms with E-state index in [2.05, 4.69) is 0 Å². The highest BCUT2D eigenvalue weighted by Gasteiger charge is 2.40. The van der Waals surface area contributed by atoms with Gasteiger partial charge in [-0.1, -0.05) is 0 Å². The molecule has 1 fully saturated rings. The van der Waals surface area contributed by atoms with Gasteiger partial charge in [0.25, 0.3) is 0 Å². The Balaban J connectivity index is 2.55. The minimum Gasteiger partial charge on any atom is -0.385 e. The quantitative estimate of drug-likeness (QED) is 0.506. The summed E-state index contributed by atoms with van der Waals surface area (Å²) in [4.78, 5) is 0. The smallest absolute Gasteiger partial charge is 0.183 e. The number of hydrogen-bond acceptors (Lipinski definition) is 4. The van der Waals surface area contributed by atoms with Gasteiger partial charge in [0.2, 0.25) is 0 Å². The van der Waals surface area contributed by atoms with Gasteiger partial charge < -0.3 is 19.7 Å². The van der Waals surface area contributed by atoms with Crippen molar-refractivity contribution < 1.29 is 19.7 Å². The first-order valence-corrected chi connectivity index (χ1v) is 3.21. The van der Waals surface area contributed by atoms with Crippen molar-refractivity contribution in [1.29, 1.82) is 0 Å². The maximum Gasteiger partial charge on any atom is 0.183 e. The zero-order chi connectivity index (χ0) is 7.72. The summed E-state index contributed by atoms with van der Waals surface area (Å²) in [6, 6.07) is 0. The molecule has 1 rings (SSSR count). The van der Waals surface area contributed by atoms with E-state index in [0.29, 0.717) is 0 Å². The van der Waals surface area contributed by atoms with Gasteiger partial charge in [0.1, 0.15) is 12.2 Å². The Bertz CT molecular complexity index is 116. The number of methoxy groups -OCH3 is 1. The summed E-state index contributed by atoms with van der Waals surface area (Å²) in [5, 5.41) is 18.0. The molecule has 4 atom stereocenters. The first-order valence-electron chi connectivity index (χ1n) is 3.21. The fraction of sp³-hybridized carbons (Fsp3) is 1.00. The molecule has 4 heteroatoms. The van der Waals surface area contributed by atoms with E-state index >= 15 is 0 Å². The molecule has 0 aliphatic carbocycles. The van der Waals surface area contributed by atoms with E-state index in [1.807, 2.05) is 0 Å². The normalized spacial score (nSPS) is 48.0. The van der Waals surface area contributed by atoms with Gasteiger partial charge in [0.15, 0.2) is 6.29 Å². The van der Waals surface area contributed by atoms with Crippen LogP contribution in [0.3, 0.4) is 0 Å². The molecule has 1 saturated heterocycles. The molecule has 2 N–H and O–H groups in total. The van der Waals surface area contributed by atoms with Crippen molar-refractivity contribution in [2.75, 3.05) is 7.11 Å². The molecule has 0 aromatic heterocycles. The minimum atomic E-state index is -1.10. The summed E-state index contributed by atoms with van der Waals surface area (Å²) in [5.41, 5.74) is 0. The SMILES string of the molecule is CO[C@@H]1[C@@H](O)[C@H](O)O[C@@H]1C. The Morgan fingerprint density at radius 1 is 1.40 bits per heavy atom. The minimum absolute atomic E-state index is 0.241. The summed E-state index contributed by atoms with van der Waals surface area (Å²) < 4.78 is 9.73. The standard InChI is InChI=1S/C6H12O4/c1-3-5(9-2)4(7)6(8)10-3/h3-8H,1-2H3/t3-,4-,5+,6-/m1/s1. The van der Waals surface area contributed by atoms with Gasteiger partial charge in [-0.05, 0) is 6.92 Å². The van der Waals surface area contributed by atoms with Gasteiger partial charge in [0, 0.05) is 7.11 Å². The van der Waals surface area contributed by atoms with Crippen LogP contribution in [0.2, 0.25) is 0 Å². The van der Waals surface area contributed by atoms with Crippen LogP contribution in [0.1, 0.15) is 6.92 Å². The van der Waals surface area contributed by atoms with Crippen molar-refractivity contribution >= 4 is 0 Å². The van der Waals surface area contributed by atoms with E-state index in [0.717, 1.165) is 0 Å². The number of hydrogen-bond donors (Lipinski definition) is 2. The van der Waals surface area contributed by atoms with E-state index in [1.165, 1.54) is 7.11 Å². The molecule has 0 aromatic carbocycles. The average Bonchev–Trinajstić information content (AvgIpc) is 2.09. The van der Waals surface area contributed by atoms with E-state index in [4.69, 9.17) is 19.7 Å². The van der Waals surface area contributed by atoms with Gasteiger partial charge >= 0.3 is 0 Å². The second-order valence-corrected chi connectivity index (χ2v) is 2.42. The van der Waals surface area contributed by atoms with Crippen LogP contribution in [0, 0.1) is 0 Å². The topological polar surface area (TPSA) is 58.9 Å². The van der Waals surface area contributed by atoms with Gasteiger partial charge in [-0.3, -0.25) is 0 Å². The monoisotopic (exact) mass is 148 g/mol. The molecule has 1 heterocycles. The van der Waals surface area contributed by atoms with Crippen LogP contribution < -0.4 is 0 Å². The third-order valence-corrected chi connectivity index (χ3v) is 1.72. The maximum absolute atomic E-state index is 9.13. The maximum atomic E-state index is 9.13. The zero-order valence-corrected chi connectivity index (χ0v) is 6.02. The van der Waals surface area contributed by atoms with Gasteiger partial charge in [-0.15, -0.1) is 0 Å². The fourth-order valence-corrected chi connectivity index (χ4v) is 1.15. The Morgan fingerprint density at radius 3 is 2.20 bits per heavy atom. The predicted molar refractivity (Wildman–Crippen MR) is 33.4 cm³/mol. The average molecular weight is 148 g/mol. The molecule has 0 bridgehead atoms.